The number of nitrogens with one attached hydrogen (secondary N) is 1. The van der Waals surface area contributed by atoms with Crippen molar-refractivity contribution < 1.29 is 14.7 Å². The van der Waals surface area contributed by atoms with Gasteiger partial charge in [-0.2, -0.15) is 0 Å². The van der Waals surface area contributed by atoms with Gasteiger partial charge in [0.15, 0.2) is 0 Å². The molecule has 0 bridgehead atoms. The summed E-state index contributed by atoms with van der Waals surface area (Å²) in [6.45, 7) is 3.28. The molecule has 80 valence electrons. The van der Waals surface area contributed by atoms with Gasteiger partial charge in [-0.25, -0.2) is 4.79 Å². The second-order valence-electron chi connectivity index (χ2n) is 3.47. The minimum absolute atomic E-state index is 0.0542. The molecule has 0 saturated carbocycles. The molecular weight excluding hydrogens is 184 g/mol. The van der Waals surface area contributed by atoms with E-state index in [1.165, 1.54) is 0 Å². The smallest absolute Gasteiger partial charge is 0.317 e. The second-order valence-corrected chi connectivity index (χ2v) is 3.47. The van der Waals surface area contributed by atoms with Crippen molar-refractivity contribution >= 4 is 12.0 Å². The first-order chi connectivity index (χ1) is 6.65. The number of amides is 2. The summed E-state index contributed by atoms with van der Waals surface area (Å²) in [5, 5.41) is 11.3. The minimum atomic E-state index is -0.805. The molecule has 2 amide bonds. The van der Waals surface area contributed by atoms with Crippen LogP contribution in [0.15, 0.2) is 0 Å². The molecule has 2 N–H and O–H groups in total. The van der Waals surface area contributed by atoms with Gasteiger partial charge in [0.25, 0.3) is 0 Å². The fourth-order valence-corrected chi connectivity index (χ4v) is 1.66. The van der Waals surface area contributed by atoms with Gasteiger partial charge < -0.3 is 15.3 Å². The fourth-order valence-electron chi connectivity index (χ4n) is 1.66. The summed E-state index contributed by atoms with van der Waals surface area (Å²) >= 11 is 0. The zero-order chi connectivity index (χ0) is 10.6. The molecule has 0 aromatic rings. The van der Waals surface area contributed by atoms with Crippen LogP contribution in [-0.2, 0) is 4.79 Å². The van der Waals surface area contributed by atoms with E-state index in [0.717, 1.165) is 6.42 Å². The van der Waals surface area contributed by atoms with E-state index in [9.17, 15) is 9.59 Å². The number of carbonyl (C=O) groups excluding carboxylic acids is 1. The zero-order valence-electron chi connectivity index (χ0n) is 8.32. The van der Waals surface area contributed by atoms with E-state index < -0.39 is 5.97 Å². The van der Waals surface area contributed by atoms with Gasteiger partial charge in [-0.15, -0.1) is 0 Å². The van der Waals surface area contributed by atoms with E-state index in [1.54, 1.807) is 4.90 Å². The summed E-state index contributed by atoms with van der Waals surface area (Å²) in [4.78, 5) is 23.4. The predicted molar refractivity (Wildman–Crippen MR) is 51.1 cm³/mol. The Bertz CT molecular complexity index is 230. The number of hydrogen-bond acceptors (Lipinski definition) is 2. The first-order valence-electron chi connectivity index (χ1n) is 4.91. The lowest BCUT2D eigenvalue weighted by atomic mass is 10.1. The number of carbonyl (C=O) groups is 2. The summed E-state index contributed by atoms with van der Waals surface area (Å²) in [6.07, 6.45) is 1.56. The van der Waals surface area contributed by atoms with Gasteiger partial charge in [0, 0.05) is 19.5 Å². The van der Waals surface area contributed by atoms with Crippen LogP contribution in [0.25, 0.3) is 0 Å². The van der Waals surface area contributed by atoms with Crippen LogP contribution in [0.2, 0.25) is 0 Å². The van der Waals surface area contributed by atoms with Gasteiger partial charge >= 0.3 is 12.0 Å². The Balaban J connectivity index is 2.42. The Kier molecular flexibility index (Phi) is 3.73. The molecule has 0 radical (unpaired) electrons. The Morgan fingerprint density at radius 1 is 1.71 bits per heavy atom. The van der Waals surface area contributed by atoms with E-state index in [1.807, 2.05) is 6.92 Å². The summed E-state index contributed by atoms with van der Waals surface area (Å²) in [5.41, 5.74) is 0. The van der Waals surface area contributed by atoms with E-state index in [-0.39, 0.29) is 18.5 Å². The van der Waals surface area contributed by atoms with Crippen LogP contribution in [-0.4, -0.2) is 41.1 Å². The lowest BCUT2D eigenvalue weighted by Crippen LogP contribution is -2.35. The predicted octanol–water partition coefficient (Wildman–Crippen LogP) is 0.655. The Labute approximate surface area is 83.1 Å². The van der Waals surface area contributed by atoms with Gasteiger partial charge in [0.1, 0.15) is 0 Å². The maximum absolute atomic E-state index is 11.3. The molecule has 5 nitrogen and oxygen atoms in total. The van der Waals surface area contributed by atoms with Gasteiger partial charge in [-0.1, -0.05) is 6.92 Å². The number of rotatable bonds is 5. The summed E-state index contributed by atoms with van der Waals surface area (Å²) in [7, 11) is 0. The van der Waals surface area contributed by atoms with Crippen molar-refractivity contribution in [2.45, 2.75) is 32.2 Å². The monoisotopic (exact) mass is 200 g/mol. The molecule has 1 rings (SSSR count). The lowest BCUT2D eigenvalue weighted by Gasteiger charge is -2.21. The van der Waals surface area contributed by atoms with Crippen molar-refractivity contribution in [3.8, 4) is 0 Å². The highest BCUT2D eigenvalue weighted by Gasteiger charge is 2.29. The molecule has 1 fully saturated rings. The first-order valence-corrected chi connectivity index (χ1v) is 4.91. The third-order valence-corrected chi connectivity index (χ3v) is 2.35. The average molecular weight is 200 g/mol. The maximum atomic E-state index is 11.3. The van der Waals surface area contributed by atoms with Crippen LogP contribution in [0.4, 0.5) is 4.79 Å². The molecular formula is C9H16N2O3. The average Bonchev–Trinajstić information content (AvgIpc) is 2.46. The summed E-state index contributed by atoms with van der Waals surface area (Å²) in [6, 6.07) is -0.0132. The van der Waals surface area contributed by atoms with Gasteiger partial charge in [-0.05, 0) is 12.8 Å². The molecule has 5 heteroatoms. The lowest BCUT2D eigenvalue weighted by molar-refractivity contribution is -0.137. The van der Waals surface area contributed by atoms with Crippen LogP contribution in [0.1, 0.15) is 26.2 Å². The van der Waals surface area contributed by atoms with Gasteiger partial charge in [0.2, 0.25) is 0 Å². The molecule has 1 unspecified atom stereocenters. The topological polar surface area (TPSA) is 69.6 Å². The van der Waals surface area contributed by atoms with E-state index in [2.05, 4.69) is 5.32 Å². The van der Waals surface area contributed by atoms with Crippen molar-refractivity contribution in [3.05, 3.63) is 0 Å². The van der Waals surface area contributed by atoms with E-state index >= 15 is 0 Å². The minimum Gasteiger partial charge on any atom is -0.481 e. The van der Waals surface area contributed by atoms with Gasteiger partial charge in [-0.3, -0.25) is 4.79 Å². The number of carboxylic acid groups (broad SMARTS) is 1. The summed E-state index contributed by atoms with van der Waals surface area (Å²) < 4.78 is 0. The molecule has 14 heavy (non-hydrogen) atoms. The van der Waals surface area contributed by atoms with Crippen LogP contribution in [0.3, 0.4) is 0 Å². The highest BCUT2D eigenvalue weighted by Crippen LogP contribution is 2.12. The Hall–Kier alpha value is -1.26. The van der Waals surface area contributed by atoms with Crippen LogP contribution in [0.5, 0.6) is 0 Å². The first kappa shape index (κ1) is 10.8. The van der Waals surface area contributed by atoms with E-state index in [0.29, 0.717) is 19.5 Å². The van der Waals surface area contributed by atoms with Gasteiger partial charge in [0.05, 0.1) is 6.04 Å². The van der Waals surface area contributed by atoms with Crippen LogP contribution in [0, 0.1) is 0 Å². The molecule has 1 heterocycles. The second kappa shape index (κ2) is 4.83. The Morgan fingerprint density at radius 3 is 3.00 bits per heavy atom. The SMILES string of the molecule is CCCN1C(=O)NCC1CCC(=O)O. The Morgan fingerprint density at radius 2 is 2.43 bits per heavy atom. The van der Waals surface area contributed by atoms with Crippen molar-refractivity contribution in [2.24, 2.45) is 0 Å². The number of urea groups is 1. The maximum Gasteiger partial charge on any atom is 0.317 e. The van der Waals surface area contributed by atoms with Crippen LogP contribution >= 0.6 is 0 Å². The van der Waals surface area contributed by atoms with Crippen molar-refractivity contribution in [1.82, 2.24) is 10.2 Å². The highest BCUT2D eigenvalue weighted by atomic mass is 16.4. The normalized spacial score (nSPS) is 21.1. The molecule has 0 spiro atoms. The number of nitrogens with zero attached hydrogens (tertiary/aromatic N) is 1. The standard InChI is InChI=1S/C9H16N2O3/c1-2-5-11-7(3-4-8(12)13)6-10-9(11)14/h7H,2-6H2,1H3,(H,10,14)(H,12,13). The molecule has 0 aromatic carbocycles. The van der Waals surface area contributed by atoms with Crippen molar-refractivity contribution in [2.75, 3.05) is 13.1 Å². The fraction of sp³-hybridized carbons (Fsp3) is 0.778. The van der Waals surface area contributed by atoms with Crippen LogP contribution < -0.4 is 5.32 Å². The highest BCUT2D eigenvalue weighted by molar-refractivity contribution is 5.77. The zero-order valence-corrected chi connectivity index (χ0v) is 8.32. The largest absolute Gasteiger partial charge is 0.481 e. The molecule has 1 atom stereocenters. The quantitative estimate of drug-likeness (QED) is 0.684. The molecule has 1 saturated heterocycles. The van der Waals surface area contributed by atoms with Crippen molar-refractivity contribution in [3.63, 3.8) is 0 Å². The number of carboxylic acids is 1. The third kappa shape index (κ3) is 2.61. The molecule has 1 aliphatic rings. The molecule has 1 aliphatic heterocycles. The molecule has 0 aliphatic carbocycles. The molecule has 0 aromatic heterocycles. The van der Waals surface area contributed by atoms with Crippen molar-refractivity contribution in [1.29, 1.82) is 0 Å². The van der Waals surface area contributed by atoms with E-state index in [4.69, 9.17) is 5.11 Å². The number of hydrogen-bond donors (Lipinski definition) is 2. The number of aliphatic carboxylic acids is 1. The third-order valence-electron chi connectivity index (χ3n) is 2.35. The summed E-state index contributed by atoms with van der Waals surface area (Å²) in [5.74, 6) is -0.805.